The number of nitrogens with one attached hydrogen (secondary N) is 2. The highest BCUT2D eigenvalue weighted by atomic mass is 16.5. The van der Waals surface area contributed by atoms with Crippen LogP contribution in [0.15, 0.2) is 54.9 Å². The number of carbonyl (C=O) groups is 1. The first kappa shape index (κ1) is 21.3. The van der Waals surface area contributed by atoms with E-state index in [2.05, 4.69) is 25.5 Å². The molecule has 0 unspecified atom stereocenters. The van der Waals surface area contributed by atoms with E-state index in [1.54, 1.807) is 18.5 Å². The minimum absolute atomic E-state index is 0.0404. The van der Waals surface area contributed by atoms with E-state index in [0.717, 1.165) is 64.8 Å². The minimum atomic E-state index is -0.291. The zero-order valence-corrected chi connectivity index (χ0v) is 18.8. The Labute approximate surface area is 192 Å². The summed E-state index contributed by atoms with van der Waals surface area (Å²) in [5.41, 5.74) is 5.75. The summed E-state index contributed by atoms with van der Waals surface area (Å²) in [4.78, 5) is 22.2. The number of H-pyrrole nitrogens is 1. The second-order valence-electron chi connectivity index (χ2n) is 8.58. The van der Waals surface area contributed by atoms with Crippen LogP contribution in [0.1, 0.15) is 41.7 Å². The zero-order chi connectivity index (χ0) is 22.8. The smallest absolute Gasteiger partial charge is 0.339 e. The van der Waals surface area contributed by atoms with Crippen LogP contribution in [0.3, 0.4) is 0 Å². The molecule has 1 aliphatic rings. The first-order valence-electron chi connectivity index (χ1n) is 11.4. The average molecular weight is 442 g/mol. The molecule has 5 rings (SSSR count). The molecule has 0 atom stereocenters. The summed E-state index contributed by atoms with van der Waals surface area (Å²) in [6, 6.07) is 14.1. The van der Waals surface area contributed by atoms with E-state index >= 15 is 0 Å². The predicted molar refractivity (Wildman–Crippen MR) is 128 cm³/mol. The van der Waals surface area contributed by atoms with Gasteiger partial charge < -0.3 is 10.1 Å². The number of hydrogen-bond acceptors (Lipinski definition) is 6. The Morgan fingerprint density at radius 3 is 2.76 bits per heavy atom. The molecule has 0 radical (unpaired) electrons. The van der Waals surface area contributed by atoms with Gasteiger partial charge in [0.15, 0.2) is 0 Å². The number of nitrogens with zero attached hydrogens (tertiary/aromatic N) is 3. The third-order valence-corrected chi connectivity index (χ3v) is 6.41. The van der Waals surface area contributed by atoms with Gasteiger partial charge in [-0.1, -0.05) is 12.1 Å². The maximum atomic E-state index is 13.1. The molecule has 3 heterocycles. The van der Waals surface area contributed by atoms with E-state index in [4.69, 9.17) is 4.74 Å². The molecule has 33 heavy (non-hydrogen) atoms. The van der Waals surface area contributed by atoms with Gasteiger partial charge in [-0.3, -0.25) is 15.1 Å². The molecule has 1 fully saturated rings. The van der Waals surface area contributed by atoms with Crippen molar-refractivity contribution in [1.29, 1.82) is 0 Å². The Balaban J connectivity index is 1.46. The number of aromatic amines is 1. The van der Waals surface area contributed by atoms with Crippen molar-refractivity contribution in [2.45, 2.75) is 44.8 Å². The lowest BCUT2D eigenvalue weighted by atomic mass is 9.93. The Kier molecular flexibility index (Phi) is 5.88. The van der Waals surface area contributed by atoms with Gasteiger partial charge in [0, 0.05) is 28.9 Å². The zero-order valence-electron chi connectivity index (χ0n) is 18.8. The van der Waals surface area contributed by atoms with Crippen LogP contribution in [0.2, 0.25) is 0 Å². The van der Waals surface area contributed by atoms with Gasteiger partial charge in [-0.2, -0.15) is 5.10 Å². The van der Waals surface area contributed by atoms with Crippen LogP contribution >= 0.6 is 0 Å². The van der Waals surface area contributed by atoms with Crippen LogP contribution in [-0.4, -0.2) is 45.3 Å². The molecule has 1 aliphatic carbocycles. The number of benzene rings is 1. The van der Waals surface area contributed by atoms with Gasteiger partial charge in [0.05, 0.1) is 28.7 Å². The van der Waals surface area contributed by atoms with Gasteiger partial charge in [-0.15, -0.1) is 0 Å². The fourth-order valence-electron chi connectivity index (χ4n) is 4.56. The fraction of sp³-hybridized carbons (Fsp3) is 0.308. The van der Waals surface area contributed by atoms with Crippen LogP contribution in [0.5, 0.6) is 0 Å². The summed E-state index contributed by atoms with van der Waals surface area (Å²) in [5, 5.41) is 11.4. The molecule has 4 aromatic rings. The fourth-order valence-corrected chi connectivity index (χ4v) is 4.56. The summed E-state index contributed by atoms with van der Waals surface area (Å²) in [6.45, 7) is 1.96. The van der Waals surface area contributed by atoms with Gasteiger partial charge in [0.1, 0.15) is 6.10 Å². The molecule has 3 aromatic heterocycles. The highest BCUT2D eigenvalue weighted by Crippen LogP contribution is 2.32. The standard InChI is InChI=1S/C26H27N5O2/c1-16-4-3-5-24(30-16)25-22(15-29-31-25)17-6-11-23-21(14-17)20(12-13-28-23)26(32)33-19-9-7-18(27-2)8-10-19/h3-6,11-15,18-19,27H,7-10H2,1-2H3,(H,29,31). The number of ether oxygens (including phenoxy) is 1. The third kappa shape index (κ3) is 4.36. The van der Waals surface area contributed by atoms with E-state index in [0.29, 0.717) is 11.6 Å². The lowest BCUT2D eigenvalue weighted by Crippen LogP contribution is -2.33. The van der Waals surface area contributed by atoms with E-state index < -0.39 is 0 Å². The summed E-state index contributed by atoms with van der Waals surface area (Å²) in [6.07, 6.45) is 7.21. The highest BCUT2D eigenvalue weighted by molar-refractivity contribution is 6.04. The van der Waals surface area contributed by atoms with Crippen molar-refractivity contribution >= 4 is 16.9 Å². The number of esters is 1. The Hall–Kier alpha value is -3.58. The Bertz CT molecular complexity index is 1290. The number of aromatic nitrogens is 4. The molecule has 1 saturated carbocycles. The molecule has 2 N–H and O–H groups in total. The Morgan fingerprint density at radius 1 is 1.12 bits per heavy atom. The minimum Gasteiger partial charge on any atom is -0.459 e. The summed E-state index contributed by atoms with van der Waals surface area (Å²) in [5.74, 6) is -0.291. The monoisotopic (exact) mass is 441 g/mol. The van der Waals surface area contributed by atoms with E-state index in [-0.39, 0.29) is 12.1 Å². The van der Waals surface area contributed by atoms with Crippen molar-refractivity contribution in [3.05, 3.63) is 66.1 Å². The maximum Gasteiger partial charge on any atom is 0.339 e. The second kappa shape index (κ2) is 9.11. The van der Waals surface area contributed by atoms with Gasteiger partial charge >= 0.3 is 5.97 Å². The first-order valence-corrected chi connectivity index (χ1v) is 11.4. The number of carbonyl (C=O) groups excluding carboxylic acids is 1. The van der Waals surface area contributed by atoms with Crippen molar-refractivity contribution in [3.63, 3.8) is 0 Å². The summed E-state index contributed by atoms with van der Waals surface area (Å²) < 4.78 is 5.89. The lowest BCUT2D eigenvalue weighted by molar-refractivity contribution is 0.0190. The molecule has 0 aliphatic heterocycles. The first-order chi connectivity index (χ1) is 16.1. The van der Waals surface area contributed by atoms with Gasteiger partial charge in [0.25, 0.3) is 0 Å². The van der Waals surface area contributed by atoms with E-state index in [1.165, 1.54) is 0 Å². The second-order valence-corrected chi connectivity index (χ2v) is 8.58. The van der Waals surface area contributed by atoms with Crippen molar-refractivity contribution in [1.82, 2.24) is 25.5 Å². The SMILES string of the molecule is CNC1CCC(OC(=O)c2ccnc3ccc(-c4cn[nH]c4-c4cccc(C)n4)cc23)CC1. The molecule has 168 valence electrons. The van der Waals surface area contributed by atoms with E-state index in [1.807, 2.05) is 50.4 Å². The van der Waals surface area contributed by atoms with Crippen LogP contribution in [0, 0.1) is 6.92 Å². The molecule has 0 saturated heterocycles. The largest absolute Gasteiger partial charge is 0.459 e. The van der Waals surface area contributed by atoms with Crippen LogP contribution in [0.25, 0.3) is 33.4 Å². The number of fused-ring (bicyclic) bond motifs is 1. The van der Waals surface area contributed by atoms with E-state index in [9.17, 15) is 4.79 Å². The van der Waals surface area contributed by atoms with Crippen molar-refractivity contribution in [2.24, 2.45) is 0 Å². The molecule has 0 spiro atoms. The lowest BCUT2D eigenvalue weighted by Gasteiger charge is -2.28. The molecule has 0 amide bonds. The van der Waals surface area contributed by atoms with Gasteiger partial charge in [0.2, 0.25) is 0 Å². The topological polar surface area (TPSA) is 92.8 Å². The Morgan fingerprint density at radius 2 is 1.97 bits per heavy atom. The molecule has 1 aromatic carbocycles. The summed E-state index contributed by atoms with van der Waals surface area (Å²) in [7, 11) is 1.98. The van der Waals surface area contributed by atoms with Crippen LogP contribution in [0.4, 0.5) is 0 Å². The number of hydrogen-bond donors (Lipinski definition) is 2. The molecular formula is C26H27N5O2. The molecule has 7 nitrogen and oxygen atoms in total. The van der Waals surface area contributed by atoms with Crippen LogP contribution < -0.4 is 5.32 Å². The van der Waals surface area contributed by atoms with Gasteiger partial charge in [-0.05, 0) is 75.5 Å². The third-order valence-electron chi connectivity index (χ3n) is 6.41. The number of rotatable bonds is 5. The molecule has 0 bridgehead atoms. The number of pyridine rings is 2. The highest BCUT2D eigenvalue weighted by Gasteiger charge is 2.24. The quantitative estimate of drug-likeness (QED) is 0.437. The average Bonchev–Trinajstić information content (AvgIpc) is 3.34. The summed E-state index contributed by atoms with van der Waals surface area (Å²) >= 11 is 0. The van der Waals surface area contributed by atoms with Crippen molar-refractivity contribution in [2.75, 3.05) is 7.05 Å². The predicted octanol–water partition coefficient (Wildman–Crippen LogP) is 4.68. The maximum absolute atomic E-state index is 13.1. The normalized spacial score (nSPS) is 18.4. The van der Waals surface area contributed by atoms with Gasteiger partial charge in [-0.25, -0.2) is 4.79 Å². The molecule has 7 heteroatoms. The van der Waals surface area contributed by atoms with Crippen LogP contribution in [-0.2, 0) is 4.74 Å². The van der Waals surface area contributed by atoms with Crippen molar-refractivity contribution < 1.29 is 9.53 Å². The number of aryl methyl sites for hydroxylation is 1. The van der Waals surface area contributed by atoms with Crippen molar-refractivity contribution in [3.8, 4) is 22.5 Å². The molecular weight excluding hydrogens is 414 g/mol.